The van der Waals surface area contributed by atoms with Crippen LogP contribution in [0, 0.1) is 13.8 Å². The van der Waals surface area contributed by atoms with E-state index >= 15 is 0 Å². The lowest BCUT2D eigenvalue weighted by Gasteiger charge is -2.33. The molecule has 0 radical (unpaired) electrons. The highest BCUT2D eigenvalue weighted by Crippen LogP contribution is 2.41. The first-order valence-electron chi connectivity index (χ1n) is 9.10. The molecule has 27 heavy (non-hydrogen) atoms. The Morgan fingerprint density at radius 2 is 2.00 bits per heavy atom. The number of carbonyl (C=O) groups excluding carboxylic acids is 1. The van der Waals surface area contributed by atoms with Crippen molar-refractivity contribution in [2.45, 2.75) is 26.3 Å². The van der Waals surface area contributed by atoms with E-state index in [0.717, 1.165) is 17.0 Å². The SMILES string of the molecule is C=CC(=O)N1Cc2sc(C)cc2[C@@H](c2ccccc2-c2cccc(C)n2)C1. The Morgan fingerprint density at radius 3 is 2.78 bits per heavy atom. The average Bonchev–Trinajstić information content (AvgIpc) is 3.06. The number of nitrogens with zero attached hydrogens (tertiary/aromatic N) is 2. The maximum Gasteiger partial charge on any atom is 0.246 e. The molecule has 4 heteroatoms. The first-order chi connectivity index (χ1) is 13.1. The van der Waals surface area contributed by atoms with Crippen LogP contribution < -0.4 is 0 Å². The van der Waals surface area contributed by atoms with E-state index in [1.165, 1.54) is 27.0 Å². The molecule has 2 aromatic heterocycles. The number of pyridine rings is 1. The van der Waals surface area contributed by atoms with E-state index in [0.29, 0.717) is 13.1 Å². The fraction of sp³-hybridized carbons (Fsp3) is 0.217. The monoisotopic (exact) mass is 374 g/mol. The summed E-state index contributed by atoms with van der Waals surface area (Å²) >= 11 is 1.78. The summed E-state index contributed by atoms with van der Waals surface area (Å²) in [5.74, 6) is 0.129. The number of amides is 1. The standard InChI is InChI=1S/C23H22N2OS/c1-4-23(26)25-13-20(19-12-16(3)27-22(19)14-25)17-9-5-6-10-18(17)21-11-7-8-15(2)24-21/h4-12,20H,1,13-14H2,2-3H3/t20-/m1/s1. The molecule has 0 bridgehead atoms. The summed E-state index contributed by atoms with van der Waals surface area (Å²) in [6, 6.07) is 16.8. The van der Waals surface area contributed by atoms with Crippen LogP contribution >= 0.6 is 11.3 Å². The van der Waals surface area contributed by atoms with Gasteiger partial charge in [-0.25, -0.2) is 0 Å². The highest BCUT2D eigenvalue weighted by Gasteiger charge is 2.31. The summed E-state index contributed by atoms with van der Waals surface area (Å²) in [6.07, 6.45) is 1.41. The Hall–Kier alpha value is -2.72. The quantitative estimate of drug-likeness (QED) is 0.599. The van der Waals surface area contributed by atoms with Crippen LogP contribution in [0.4, 0.5) is 0 Å². The number of aryl methyl sites for hydroxylation is 2. The Morgan fingerprint density at radius 1 is 1.19 bits per heavy atom. The van der Waals surface area contributed by atoms with Gasteiger partial charge in [-0.3, -0.25) is 9.78 Å². The number of rotatable bonds is 3. The average molecular weight is 375 g/mol. The van der Waals surface area contributed by atoms with Crippen LogP contribution in [0.2, 0.25) is 0 Å². The highest BCUT2D eigenvalue weighted by molar-refractivity contribution is 7.12. The summed E-state index contributed by atoms with van der Waals surface area (Å²) in [4.78, 5) is 21.5. The van der Waals surface area contributed by atoms with Gasteiger partial charge in [0, 0.05) is 33.5 Å². The molecule has 1 amide bonds. The fourth-order valence-electron chi connectivity index (χ4n) is 3.85. The number of aromatic nitrogens is 1. The molecule has 0 unspecified atom stereocenters. The summed E-state index contributed by atoms with van der Waals surface area (Å²) in [5, 5.41) is 0. The van der Waals surface area contributed by atoms with E-state index in [9.17, 15) is 4.79 Å². The third kappa shape index (κ3) is 3.33. The number of benzene rings is 1. The number of thiophene rings is 1. The van der Waals surface area contributed by atoms with E-state index < -0.39 is 0 Å². The van der Waals surface area contributed by atoms with Crippen molar-refractivity contribution >= 4 is 17.2 Å². The number of fused-ring (bicyclic) bond motifs is 1. The molecule has 0 aliphatic carbocycles. The molecule has 0 fully saturated rings. The van der Waals surface area contributed by atoms with E-state index in [4.69, 9.17) is 4.98 Å². The van der Waals surface area contributed by atoms with Gasteiger partial charge < -0.3 is 4.90 Å². The summed E-state index contributed by atoms with van der Waals surface area (Å²) < 4.78 is 0. The van der Waals surface area contributed by atoms with Crippen LogP contribution in [0.15, 0.2) is 61.2 Å². The molecular formula is C23H22N2OS. The molecule has 0 saturated carbocycles. The minimum absolute atomic E-state index is 0.0112. The van der Waals surface area contributed by atoms with Crippen LogP contribution in [0.5, 0.6) is 0 Å². The predicted octanol–water partition coefficient (Wildman–Crippen LogP) is 5.09. The molecule has 0 spiro atoms. The van der Waals surface area contributed by atoms with Crippen molar-refractivity contribution in [3.63, 3.8) is 0 Å². The normalized spacial score (nSPS) is 16.1. The molecule has 1 aromatic carbocycles. The Kier molecular flexibility index (Phi) is 4.66. The first kappa shape index (κ1) is 17.7. The van der Waals surface area contributed by atoms with Crippen LogP contribution in [0.25, 0.3) is 11.3 Å². The largest absolute Gasteiger partial charge is 0.333 e. The second-order valence-electron chi connectivity index (χ2n) is 6.96. The van der Waals surface area contributed by atoms with Gasteiger partial charge >= 0.3 is 0 Å². The molecule has 3 heterocycles. The van der Waals surface area contributed by atoms with Crippen LogP contribution in [0.1, 0.15) is 32.5 Å². The van der Waals surface area contributed by atoms with Crippen molar-refractivity contribution in [2.24, 2.45) is 0 Å². The third-order valence-corrected chi connectivity index (χ3v) is 6.12. The lowest BCUT2D eigenvalue weighted by Crippen LogP contribution is -2.37. The van der Waals surface area contributed by atoms with Crippen molar-refractivity contribution in [1.29, 1.82) is 0 Å². The molecule has 4 rings (SSSR count). The lowest BCUT2D eigenvalue weighted by atomic mass is 9.84. The molecular weight excluding hydrogens is 352 g/mol. The second-order valence-corrected chi connectivity index (χ2v) is 8.30. The summed E-state index contributed by atoms with van der Waals surface area (Å²) in [5.41, 5.74) is 5.67. The van der Waals surface area contributed by atoms with Gasteiger partial charge in [-0.05, 0) is 49.2 Å². The van der Waals surface area contributed by atoms with Gasteiger partial charge in [-0.15, -0.1) is 11.3 Å². The van der Waals surface area contributed by atoms with E-state index in [-0.39, 0.29) is 11.8 Å². The van der Waals surface area contributed by atoms with Gasteiger partial charge in [0.15, 0.2) is 0 Å². The minimum Gasteiger partial charge on any atom is -0.333 e. The minimum atomic E-state index is -0.0112. The third-order valence-electron chi connectivity index (χ3n) is 5.06. The van der Waals surface area contributed by atoms with Crippen LogP contribution in [0.3, 0.4) is 0 Å². The molecule has 136 valence electrons. The van der Waals surface area contributed by atoms with Gasteiger partial charge in [0.2, 0.25) is 5.91 Å². The molecule has 3 aromatic rings. The van der Waals surface area contributed by atoms with E-state index in [2.05, 4.69) is 49.9 Å². The van der Waals surface area contributed by atoms with Crippen molar-refractivity contribution in [2.75, 3.05) is 6.54 Å². The van der Waals surface area contributed by atoms with Crippen molar-refractivity contribution in [3.05, 3.63) is 87.8 Å². The maximum atomic E-state index is 12.4. The Bertz CT molecular complexity index is 1020. The topological polar surface area (TPSA) is 33.2 Å². The molecule has 0 saturated heterocycles. The lowest BCUT2D eigenvalue weighted by molar-refractivity contribution is -0.127. The van der Waals surface area contributed by atoms with Crippen molar-refractivity contribution < 1.29 is 4.79 Å². The molecule has 3 nitrogen and oxygen atoms in total. The van der Waals surface area contributed by atoms with Crippen LogP contribution in [-0.4, -0.2) is 22.3 Å². The first-order valence-corrected chi connectivity index (χ1v) is 9.92. The number of carbonyl (C=O) groups is 1. The number of hydrogen-bond donors (Lipinski definition) is 0. The van der Waals surface area contributed by atoms with Gasteiger partial charge in [-0.2, -0.15) is 0 Å². The van der Waals surface area contributed by atoms with Gasteiger partial charge in [0.05, 0.1) is 12.2 Å². The van der Waals surface area contributed by atoms with Crippen LogP contribution in [-0.2, 0) is 11.3 Å². The number of hydrogen-bond acceptors (Lipinski definition) is 3. The van der Waals surface area contributed by atoms with E-state index in [1.807, 2.05) is 24.0 Å². The van der Waals surface area contributed by atoms with Gasteiger partial charge in [0.25, 0.3) is 0 Å². The van der Waals surface area contributed by atoms with E-state index in [1.54, 1.807) is 11.3 Å². The summed E-state index contributed by atoms with van der Waals surface area (Å²) in [7, 11) is 0. The van der Waals surface area contributed by atoms with Gasteiger partial charge in [-0.1, -0.05) is 36.9 Å². The van der Waals surface area contributed by atoms with Crippen molar-refractivity contribution in [3.8, 4) is 11.3 Å². The summed E-state index contributed by atoms with van der Waals surface area (Å²) in [6.45, 7) is 9.15. The zero-order chi connectivity index (χ0) is 19.0. The maximum absolute atomic E-state index is 12.4. The Labute approximate surface area is 164 Å². The zero-order valence-electron chi connectivity index (χ0n) is 15.6. The predicted molar refractivity (Wildman–Crippen MR) is 111 cm³/mol. The second kappa shape index (κ2) is 7.12. The zero-order valence-corrected chi connectivity index (χ0v) is 16.4. The highest BCUT2D eigenvalue weighted by atomic mass is 32.1. The molecule has 0 N–H and O–H groups in total. The smallest absolute Gasteiger partial charge is 0.246 e. The van der Waals surface area contributed by atoms with Gasteiger partial charge in [0.1, 0.15) is 0 Å². The Balaban J connectivity index is 1.85. The molecule has 1 aliphatic rings. The van der Waals surface area contributed by atoms with Crippen molar-refractivity contribution in [1.82, 2.24) is 9.88 Å². The fourth-order valence-corrected chi connectivity index (χ4v) is 4.96. The molecule has 1 atom stereocenters. The molecule has 1 aliphatic heterocycles.